The summed E-state index contributed by atoms with van der Waals surface area (Å²) >= 11 is 0. The number of benzene rings is 1. The van der Waals surface area contributed by atoms with Gasteiger partial charge < -0.3 is 10.6 Å². The predicted octanol–water partition coefficient (Wildman–Crippen LogP) is 0.570. The second-order valence-electron chi connectivity index (χ2n) is 4.53. The summed E-state index contributed by atoms with van der Waals surface area (Å²) in [4.78, 5) is 0.378. The van der Waals surface area contributed by atoms with Crippen molar-refractivity contribution in [3.05, 3.63) is 29.8 Å². The Bertz CT molecular complexity index is 478. The van der Waals surface area contributed by atoms with Gasteiger partial charge >= 0.3 is 0 Å². The van der Waals surface area contributed by atoms with Gasteiger partial charge in [-0.05, 0) is 24.7 Å². The van der Waals surface area contributed by atoms with E-state index in [0.29, 0.717) is 16.9 Å². The van der Waals surface area contributed by atoms with Gasteiger partial charge in [0, 0.05) is 31.3 Å². The number of rotatable bonds is 4. The van der Waals surface area contributed by atoms with Crippen LogP contribution in [-0.4, -0.2) is 34.8 Å². The quantitative estimate of drug-likeness (QED) is 0.825. The lowest BCUT2D eigenvalue weighted by Crippen LogP contribution is -2.48. The molecule has 0 aromatic heterocycles. The van der Waals surface area contributed by atoms with Crippen LogP contribution in [0, 0.1) is 5.92 Å². The molecule has 4 nitrogen and oxygen atoms in total. The van der Waals surface area contributed by atoms with Gasteiger partial charge in [0.2, 0.25) is 0 Å². The van der Waals surface area contributed by atoms with Crippen LogP contribution in [-0.2, 0) is 9.84 Å². The Morgan fingerprint density at radius 2 is 1.88 bits per heavy atom. The van der Waals surface area contributed by atoms with Crippen LogP contribution < -0.4 is 10.6 Å². The van der Waals surface area contributed by atoms with Gasteiger partial charge in [0.05, 0.1) is 4.90 Å². The van der Waals surface area contributed by atoms with E-state index in [1.54, 1.807) is 12.1 Å². The average molecular weight is 254 g/mol. The molecule has 0 amide bonds. The molecule has 0 bridgehead atoms. The Morgan fingerprint density at radius 1 is 1.29 bits per heavy atom. The summed E-state index contributed by atoms with van der Waals surface area (Å²) in [5.41, 5.74) is 1.14. The smallest absolute Gasteiger partial charge is 0.175 e. The van der Waals surface area contributed by atoms with Gasteiger partial charge in [-0.1, -0.05) is 12.1 Å². The topological polar surface area (TPSA) is 58.2 Å². The van der Waals surface area contributed by atoms with Gasteiger partial charge in [-0.2, -0.15) is 0 Å². The van der Waals surface area contributed by atoms with E-state index in [1.165, 1.54) is 6.26 Å². The fourth-order valence-corrected chi connectivity index (χ4v) is 2.77. The minimum absolute atomic E-state index is 0.296. The van der Waals surface area contributed by atoms with Crippen molar-refractivity contribution in [2.75, 3.05) is 26.4 Å². The highest BCUT2D eigenvalue weighted by Gasteiger charge is 2.27. The molecule has 1 fully saturated rings. The molecule has 2 N–H and O–H groups in total. The van der Waals surface area contributed by atoms with Crippen LogP contribution in [0.5, 0.6) is 0 Å². The molecule has 0 aliphatic carbocycles. The summed E-state index contributed by atoms with van der Waals surface area (Å²) in [5.74, 6) is 0.587. The van der Waals surface area contributed by atoms with Crippen LogP contribution in [0.4, 0.5) is 0 Å². The lowest BCUT2D eigenvalue weighted by Gasteiger charge is -2.34. The van der Waals surface area contributed by atoms with E-state index >= 15 is 0 Å². The molecule has 0 radical (unpaired) electrons. The molecule has 1 aromatic rings. The van der Waals surface area contributed by atoms with Crippen molar-refractivity contribution in [3.63, 3.8) is 0 Å². The molecular weight excluding hydrogens is 236 g/mol. The maximum Gasteiger partial charge on any atom is 0.175 e. The van der Waals surface area contributed by atoms with E-state index in [0.717, 1.165) is 18.7 Å². The number of hydrogen-bond donors (Lipinski definition) is 2. The standard InChI is InChI=1S/C12H18N2O2S/c1-13-12(10-7-14-8-10)9-3-5-11(6-4-9)17(2,15)16/h3-6,10,12-14H,7-8H2,1-2H3. The first-order valence-electron chi connectivity index (χ1n) is 5.70. The van der Waals surface area contributed by atoms with Crippen molar-refractivity contribution in [1.82, 2.24) is 10.6 Å². The third kappa shape index (κ3) is 2.68. The summed E-state index contributed by atoms with van der Waals surface area (Å²) in [5, 5.41) is 6.53. The summed E-state index contributed by atoms with van der Waals surface area (Å²) in [6.45, 7) is 2.03. The lowest BCUT2D eigenvalue weighted by atomic mass is 9.89. The third-order valence-electron chi connectivity index (χ3n) is 3.26. The fraction of sp³-hybridized carbons (Fsp3) is 0.500. The van der Waals surface area contributed by atoms with Crippen LogP contribution in [0.15, 0.2) is 29.2 Å². The molecule has 1 aliphatic rings. The molecule has 1 heterocycles. The lowest BCUT2D eigenvalue weighted by molar-refractivity contribution is 0.268. The van der Waals surface area contributed by atoms with Crippen molar-refractivity contribution in [3.8, 4) is 0 Å². The molecule has 1 aromatic carbocycles. The molecule has 1 aliphatic heterocycles. The number of hydrogen-bond acceptors (Lipinski definition) is 4. The minimum atomic E-state index is -3.10. The van der Waals surface area contributed by atoms with Gasteiger partial charge in [-0.25, -0.2) is 8.42 Å². The van der Waals surface area contributed by atoms with Gasteiger partial charge in [0.25, 0.3) is 0 Å². The third-order valence-corrected chi connectivity index (χ3v) is 4.39. The van der Waals surface area contributed by atoms with Crippen LogP contribution in [0.3, 0.4) is 0 Å². The largest absolute Gasteiger partial charge is 0.316 e. The molecule has 2 rings (SSSR count). The summed E-state index contributed by atoms with van der Waals surface area (Å²) in [7, 11) is -1.16. The molecule has 0 saturated carbocycles. The first kappa shape index (κ1) is 12.5. The van der Waals surface area contributed by atoms with Crippen molar-refractivity contribution < 1.29 is 8.42 Å². The van der Waals surface area contributed by atoms with E-state index in [2.05, 4.69) is 10.6 Å². The monoisotopic (exact) mass is 254 g/mol. The first-order valence-corrected chi connectivity index (χ1v) is 7.59. The Kier molecular flexibility index (Phi) is 3.51. The molecule has 94 valence electrons. The zero-order chi connectivity index (χ0) is 12.5. The van der Waals surface area contributed by atoms with Crippen molar-refractivity contribution in [2.24, 2.45) is 5.92 Å². The number of nitrogens with one attached hydrogen (secondary N) is 2. The Labute approximate surface area is 102 Å². The molecule has 5 heteroatoms. The SMILES string of the molecule is CNC(c1ccc(S(C)(=O)=O)cc1)C1CNC1. The molecule has 1 unspecified atom stereocenters. The Morgan fingerprint density at radius 3 is 2.24 bits per heavy atom. The van der Waals surface area contributed by atoms with Gasteiger partial charge in [-0.15, -0.1) is 0 Å². The molecular formula is C12H18N2O2S. The van der Waals surface area contributed by atoms with Crippen molar-refractivity contribution in [2.45, 2.75) is 10.9 Å². The second kappa shape index (κ2) is 4.76. The molecule has 1 saturated heterocycles. The summed E-state index contributed by atoms with van der Waals surface area (Å²) in [6, 6.07) is 7.46. The van der Waals surface area contributed by atoms with E-state index in [-0.39, 0.29) is 0 Å². The highest BCUT2D eigenvalue weighted by Crippen LogP contribution is 2.25. The fourth-order valence-electron chi connectivity index (χ4n) is 2.14. The van der Waals surface area contributed by atoms with E-state index in [9.17, 15) is 8.42 Å². The highest BCUT2D eigenvalue weighted by atomic mass is 32.2. The molecule has 1 atom stereocenters. The summed E-state index contributed by atoms with van der Waals surface area (Å²) < 4.78 is 22.7. The van der Waals surface area contributed by atoms with Crippen molar-refractivity contribution in [1.29, 1.82) is 0 Å². The molecule has 0 spiro atoms. The Balaban J connectivity index is 2.21. The predicted molar refractivity (Wildman–Crippen MR) is 67.7 cm³/mol. The van der Waals surface area contributed by atoms with Crippen LogP contribution >= 0.6 is 0 Å². The average Bonchev–Trinajstić information content (AvgIpc) is 2.22. The maximum atomic E-state index is 11.4. The first-order chi connectivity index (χ1) is 8.02. The molecule has 17 heavy (non-hydrogen) atoms. The van der Waals surface area contributed by atoms with E-state index in [4.69, 9.17) is 0 Å². The maximum absolute atomic E-state index is 11.4. The Hall–Kier alpha value is -0.910. The van der Waals surface area contributed by atoms with Gasteiger partial charge in [0.15, 0.2) is 9.84 Å². The zero-order valence-corrected chi connectivity index (χ0v) is 10.9. The van der Waals surface area contributed by atoms with E-state index in [1.807, 2.05) is 19.2 Å². The highest BCUT2D eigenvalue weighted by molar-refractivity contribution is 7.90. The van der Waals surface area contributed by atoms with Gasteiger partial charge in [-0.3, -0.25) is 0 Å². The van der Waals surface area contributed by atoms with Crippen LogP contribution in [0.1, 0.15) is 11.6 Å². The van der Waals surface area contributed by atoms with Gasteiger partial charge in [0.1, 0.15) is 0 Å². The zero-order valence-electron chi connectivity index (χ0n) is 10.1. The normalized spacial score (nSPS) is 18.7. The second-order valence-corrected chi connectivity index (χ2v) is 6.54. The van der Waals surface area contributed by atoms with Crippen LogP contribution in [0.2, 0.25) is 0 Å². The van der Waals surface area contributed by atoms with Crippen LogP contribution in [0.25, 0.3) is 0 Å². The minimum Gasteiger partial charge on any atom is -0.316 e. The van der Waals surface area contributed by atoms with E-state index < -0.39 is 9.84 Å². The van der Waals surface area contributed by atoms with Crippen molar-refractivity contribution >= 4 is 9.84 Å². The summed E-state index contributed by atoms with van der Waals surface area (Å²) in [6.07, 6.45) is 1.23. The number of sulfone groups is 1.